The van der Waals surface area contributed by atoms with Crippen LogP contribution in [0, 0.1) is 5.82 Å². The maximum Gasteiger partial charge on any atom is 0.264 e. The summed E-state index contributed by atoms with van der Waals surface area (Å²) < 4.78 is 53.3. The minimum atomic E-state index is -4.28. The summed E-state index contributed by atoms with van der Waals surface area (Å²) in [4.78, 5) is 28.6. The lowest BCUT2D eigenvalue weighted by Gasteiger charge is -2.32. The monoisotopic (exact) mass is 597 g/mol. The van der Waals surface area contributed by atoms with E-state index in [1.165, 1.54) is 67.7 Å². The Balaban J connectivity index is 1.71. The first-order chi connectivity index (χ1) is 20.1. The van der Waals surface area contributed by atoms with Gasteiger partial charge in [0, 0.05) is 12.6 Å². The second-order valence-corrected chi connectivity index (χ2v) is 12.0. The van der Waals surface area contributed by atoms with E-state index in [0.29, 0.717) is 11.3 Å². The predicted octanol–water partition coefficient (Wildman–Crippen LogP) is 4.51. The fourth-order valence-corrected chi connectivity index (χ4v) is 6.41. The highest BCUT2D eigenvalue weighted by atomic mass is 32.2. The number of anilines is 1. The van der Waals surface area contributed by atoms with Crippen LogP contribution >= 0.6 is 0 Å². The maximum absolute atomic E-state index is 14.1. The van der Waals surface area contributed by atoms with Crippen LogP contribution in [0.4, 0.5) is 10.1 Å². The molecule has 1 N–H and O–H groups in total. The van der Waals surface area contributed by atoms with E-state index >= 15 is 0 Å². The average Bonchev–Trinajstić information content (AvgIpc) is 3.52. The zero-order chi connectivity index (χ0) is 30.3. The van der Waals surface area contributed by atoms with Gasteiger partial charge in [-0.05, 0) is 73.9 Å². The van der Waals surface area contributed by atoms with Gasteiger partial charge in [0.25, 0.3) is 10.0 Å². The van der Waals surface area contributed by atoms with Crippen LogP contribution in [0.3, 0.4) is 0 Å². The molecule has 42 heavy (non-hydrogen) atoms. The van der Waals surface area contributed by atoms with E-state index in [1.807, 2.05) is 0 Å². The Morgan fingerprint density at radius 1 is 0.952 bits per heavy atom. The number of hydrogen-bond acceptors (Lipinski definition) is 6. The van der Waals surface area contributed by atoms with Crippen molar-refractivity contribution in [2.75, 3.05) is 25.1 Å². The van der Waals surface area contributed by atoms with Crippen molar-refractivity contribution in [2.45, 2.75) is 56.1 Å². The number of carbonyl (C=O) groups excluding carboxylic acids is 2. The van der Waals surface area contributed by atoms with Crippen molar-refractivity contribution in [2.24, 2.45) is 0 Å². The molecule has 1 unspecified atom stereocenters. The molecule has 0 radical (unpaired) electrons. The number of rotatable bonds is 12. The minimum absolute atomic E-state index is 0.0271. The molecule has 11 heteroatoms. The number of nitrogens with zero attached hydrogens (tertiary/aromatic N) is 2. The zero-order valence-corrected chi connectivity index (χ0v) is 24.8. The van der Waals surface area contributed by atoms with Crippen LogP contribution in [-0.2, 0) is 26.2 Å². The molecule has 1 aliphatic rings. The van der Waals surface area contributed by atoms with Gasteiger partial charge in [0.05, 0.1) is 24.8 Å². The molecule has 3 aromatic carbocycles. The van der Waals surface area contributed by atoms with Gasteiger partial charge < -0.3 is 19.7 Å². The molecular formula is C31H36FN3O6S. The van der Waals surface area contributed by atoms with Gasteiger partial charge in [0.1, 0.15) is 29.9 Å². The molecule has 0 spiro atoms. The summed E-state index contributed by atoms with van der Waals surface area (Å²) in [5, 5.41) is 3.02. The first-order valence-corrected chi connectivity index (χ1v) is 15.2. The molecule has 1 aliphatic carbocycles. The molecule has 0 saturated heterocycles. The van der Waals surface area contributed by atoms with Crippen molar-refractivity contribution in [3.05, 3.63) is 84.2 Å². The number of methoxy groups -OCH3 is 2. The highest BCUT2D eigenvalue weighted by Gasteiger charge is 2.34. The van der Waals surface area contributed by atoms with E-state index in [2.05, 4.69) is 5.32 Å². The standard InChI is InChI=1S/C31H36FN3O6S/c1-22(31(37)33-25-8-4-5-9-25)34(20-23-12-14-24(32)15-13-23)30(36)21-35(28-10-6-7-11-29(28)41-3)42(38,39)27-18-16-26(40-2)17-19-27/h6-7,10-19,22,25H,4-5,8-9,20-21H2,1-3H3,(H,33,37). The highest BCUT2D eigenvalue weighted by Crippen LogP contribution is 2.33. The molecule has 1 saturated carbocycles. The fourth-order valence-electron chi connectivity index (χ4n) is 4.99. The molecule has 3 aromatic rings. The molecule has 224 valence electrons. The quantitative estimate of drug-likeness (QED) is 0.329. The number of halogens is 1. The molecular weight excluding hydrogens is 561 g/mol. The number of benzene rings is 3. The fraction of sp³-hybridized carbons (Fsp3) is 0.355. The molecule has 2 amide bonds. The van der Waals surface area contributed by atoms with Crippen LogP contribution in [0.5, 0.6) is 11.5 Å². The summed E-state index contributed by atoms with van der Waals surface area (Å²) in [6, 6.07) is 17.0. The molecule has 0 aromatic heterocycles. The van der Waals surface area contributed by atoms with Crippen LogP contribution in [0.25, 0.3) is 0 Å². The van der Waals surface area contributed by atoms with E-state index in [1.54, 1.807) is 31.2 Å². The van der Waals surface area contributed by atoms with Crippen molar-refractivity contribution in [1.29, 1.82) is 0 Å². The van der Waals surface area contributed by atoms with Gasteiger partial charge in [-0.3, -0.25) is 13.9 Å². The van der Waals surface area contributed by atoms with Gasteiger partial charge in [-0.2, -0.15) is 0 Å². The third-order valence-corrected chi connectivity index (χ3v) is 9.19. The lowest BCUT2D eigenvalue weighted by molar-refractivity contribution is -0.139. The molecule has 0 heterocycles. The number of hydrogen-bond donors (Lipinski definition) is 1. The van der Waals surface area contributed by atoms with Crippen molar-refractivity contribution in [3.8, 4) is 11.5 Å². The third-order valence-electron chi connectivity index (χ3n) is 7.42. The van der Waals surface area contributed by atoms with E-state index in [-0.39, 0.29) is 34.8 Å². The second-order valence-electron chi connectivity index (χ2n) is 10.2. The molecule has 1 atom stereocenters. The summed E-state index contributed by atoms with van der Waals surface area (Å²) >= 11 is 0. The Kier molecular flexibility index (Phi) is 10.1. The zero-order valence-electron chi connectivity index (χ0n) is 24.0. The molecule has 9 nitrogen and oxygen atoms in total. The Morgan fingerprint density at radius 2 is 1.60 bits per heavy atom. The number of sulfonamides is 1. The van der Waals surface area contributed by atoms with Crippen molar-refractivity contribution in [3.63, 3.8) is 0 Å². The van der Waals surface area contributed by atoms with E-state index < -0.39 is 34.3 Å². The minimum Gasteiger partial charge on any atom is -0.497 e. The Hall–Kier alpha value is -4.12. The van der Waals surface area contributed by atoms with Crippen LogP contribution in [0.2, 0.25) is 0 Å². The Morgan fingerprint density at radius 3 is 2.21 bits per heavy atom. The van der Waals surface area contributed by atoms with Gasteiger partial charge in [0.15, 0.2) is 0 Å². The van der Waals surface area contributed by atoms with Crippen LogP contribution in [0.1, 0.15) is 38.2 Å². The third kappa shape index (κ3) is 7.20. The normalized spacial score (nSPS) is 14.2. The molecule has 0 aliphatic heterocycles. The van der Waals surface area contributed by atoms with Crippen LogP contribution in [0.15, 0.2) is 77.7 Å². The van der Waals surface area contributed by atoms with Gasteiger partial charge >= 0.3 is 0 Å². The van der Waals surface area contributed by atoms with Crippen molar-refractivity contribution in [1.82, 2.24) is 10.2 Å². The summed E-state index contributed by atoms with van der Waals surface area (Å²) in [5.41, 5.74) is 0.751. The average molecular weight is 598 g/mol. The SMILES string of the molecule is COc1ccc(S(=O)(=O)N(CC(=O)N(Cc2ccc(F)cc2)C(C)C(=O)NC2CCCC2)c2ccccc2OC)cc1. The Bertz CT molecular complexity index is 1480. The largest absolute Gasteiger partial charge is 0.497 e. The van der Waals surface area contributed by atoms with E-state index in [4.69, 9.17) is 9.47 Å². The number of amides is 2. The number of nitrogens with one attached hydrogen (secondary N) is 1. The van der Waals surface area contributed by atoms with Gasteiger partial charge in [0.2, 0.25) is 11.8 Å². The number of para-hydroxylation sites is 2. The predicted molar refractivity (Wildman–Crippen MR) is 157 cm³/mol. The molecule has 4 rings (SSSR count). The van der Waals surface area contributed by atoms with Gasteiger partial charge in [-0.1, -0.05) is 37.1 Å². The van der Waals surface area contributed by atoms with Gasteiger partial charge in [-0.25, -0.2) is 12.8 Å². The van der Waals surface area contributed by atoms with Crippen LogP contribution < -0.4 is 19.1 Å². The molecule has 1 fully saturated rings. The topological polar surface area (TPSA) is 105 Å². The van der Waals surface area contributed by atoms with E-state index in [9.17, 15) is 22.4 Å². The van der Waals surface area contributed by atoms with E-state index in [0.717, 1.165) is 30.0 Å². The highest BCUT2D eigenvalue weighted by molar-refractivity contribution is 7.92. The first-order valence-electron chi connectivity index (χ1n) is 13.8. The lowest BCUT2D eigenvalue weighted by Crippen LogP contribution is -2.52. The summed E-state index contributed by atoms with van der Waals surface area (Å²) in [5.74, 6) is -0.659. The number of ether oxygens (including phenoxy) is 2. The summed E-state index contributed by atoms with van der Waals surface area (Å²) in [6.45, 7) is 0.967. The second kappa shape index (κ2) is 13.7. The number of carbonyl (C=O) groups is 2. The van der Waals surface area contributed by atoms with Gasteiger partial charge in [-0.15, -0.1) is 0 Å². The lowest BCUT2D eigenvalue weighted by atomic mass is 10.1. The molecule has 0 bridgehead atoms. The summed E-state index contributed by atoms with van der Waals surface area (Å²) in [6.07, 6.45) is 3.78. The Labute approximate surface area is 246 Å². The van der Waals surface area contributed by atoms with Crippen molar-refractivity contribution >= 4 is 27.5 Å². The maximum atomic E-state index is 14.1. The first kappa shape index (κ1) is 30.8. The summed E-state index contributed by atoms with van der Waals surface area (Å²) in [7, 11) is -1.40. The van der Waals surface area contributed by atoms with Crippen LogP contribution in [-0.4, -0.2) is 58.0 Å². The van der Waals surface area contributed by atoms with Crippen molar-refractivity contribution < 1.29 is 31.9 Å². The smallest absolute Gasteiger partial charge is 0.264 e.